The van der Waals surface area contributed by atoms with Gasteiger partial charge in [0.05, 0.1) is 12.9 Å². The molecule has 0 saturated carbocycles. The number of nitrogens with one attached hydrogen (secondary N) is 2. The van der Waals surface area contributed by atoms with Crippen LogP contribution in [-0.2, 0) is 10.0 Å². The molecule has 2 rings (SSSR count). The van der Waals surface area contributed by atoms with Crippen molar-refractivity contribution in [2.75, 3.05) is 22.9 Å². The van der Waals surface area contributed by atoms with Crippen molar-refractivity contribution in [3.63, 3.8) is 0 Å². The summed E-state index contributed by atoms with van der Waals surface area (Å²) in [7, 11) is -3.45. The SMILES string of the molecule is C[C@H](CO)Nc1cc(NS(C)(=O)=O)nc(S[C@H](C)c2ccccc2)n1. The number of hydrogen-bond acceptors (Lipinski definition) is 7. The predicted octanol–water partition coefficient (Wildman–Crippen LogP) is 2.49. The fraction of sp³-hybridized carbons (Fsp3) is 0.375. The minimum atomic E-state index is -3.45. The Hall–Kier alpha value is -1.84. The van der Waals surface area contributed by atoms with Gasteiger partial charge in [-0.1, -0.05) is 42.1 Å². The molecule has 25 heavy (non-hydrogen) atoms. The maximum Gasteiger partial charge on any atom is 0.230 e. The van der Waals surface area contributed by atoms with Gasteiger partial charge in [-0.05, 0) is 19.4 Å². The summed E-state index contributed by atoms with van der Waals surface area (Å²) in [5.41, 5.74) is 1.12. The van der Waals surface area contributed by atoms with Gasteiger partial charge >= 0.3 is 0 Å². The molecule has 7 nitrogen and oxygen atoms in total. The van der Waals surface area contributed by atoms with Gasteiger partial charge in [0.25, 0.3) is 0 Å². The Morgan fingerprint density at radius 2 is 1.80 bits per heavy atom. The highest BCUT2D eigenvalue weighted by Gasteiger charge is 2.14. The van der Waals surface area contributed by atoms with Crippen molar-refractivity contribution in [1.29, 1.82) is 0 Å². The average molecular weight is 383 g/mol. The molecule has 1 aromatic carbocycles. The van der Waals surface area contributed by atoms with E-state index < -0.39 is 10.0 Å². The number of benzene rings is 1. The molecule has 0 bridgehead atoms. The topological polar surface area (TPSA) is 104 Å². The molecule has 1 heterocycles. The number of anilines is 2. The Morgan fingerprint density at radius 1 is 1.16 bits per heavy atom. The summed E-state index contributed by atoms with van der Waals surface area (Å²) in [6.07, 6.45) is 1.07. The summed E-state index contributed by atoms with van der Waals surface area (Å²) in [5, 5.41) is 12.8. The quantitative estimate of drug-likeness (QED) is 0.476. The van der Waals surface area contributed by atoms with Gasteiger partial charge in [-0.15, -0.1) is 0 Å². The lowest BCUT2D eigenvalue weighted by Gasteiger charge is -2.15. The molecule has 0 aliphatic heterocycles. The first kappa shape index (κ1) is 19.5. The second kappa shape index (κ2) is 8.50. The predicted molar refractivity (Wildman–Crippen MR) is 101 cm³/mol. The van der Waals surface area contributed by atoms with Crippen LogP contribution in [0.25, 0.3) is 0 Å². The van der Waals surface area contributed by atoms with Crippen molar-refractivity contribution < 1.29 is 13.5 Å². The van der Waals surface area contributed by atoms with E-state index in [2.05, 4.69) is 20.0 Å². The van der Waals surface area contributed by atoms with E-state index in [1.54, 1.807) is 6.92 Å². The van der Waals surface area contributed by atoms with Crippen LogP contribution in [-0.4, -0.2) is 42.4 Å². The lowest BCUT2D eigenvalue weighted by atomic mass is 10.2. The molecule has 0 fully saturated rings. The van der Waals surface area contributed by atoms with Gasteiger partial charge in [0, 0.05) is 17.4 Å². The molecule has 0 saturated heterocycles. The van der Waals surface area contributed by atoms with Gasteiger partial charge in [0.1, 0.15) is 11.6 Å². The number of hydrogen-bond donors (Lipinski definition) is 3. The van der Waals surface area contributed by atoms with Crippen LogP contribution < -0.4 is 10.0 Å². The molecule has 0 amide bonds. The Kier molecular flexibility index (Phi) is 6.63. The summed E-state index contributed by atoms with van der Waals surface area (Å²) in [6.45, 7) is 3.76. The Labute approximate surface area is 152 Å². The molecular weight excluding hydrogens is 360 g/mol. The standard InChI is InChI=1S/C16H22N4O3S2/c1-11(10-21)17-14-9-15(20-25(3,22)23)19-16(18-14)24-12(2)13-7-5-4-6-8-13/h4-9,11-12,21H,10H2,1-3H3,(H2,17,18,19,20)/t11-,12-/m1/s1. The van der Waals surface area contributed by atoms with E-state index in [9.17, 15) is 13.5 Å². The summed E-state index contributed by atoms with van der Waals surface area (Å²) < 4.78 is 25.4. The highest BCUT2D eigenvalue weighted by atomic mass is 32.2. The number of aromatic nitrogens is 2. The molecule has 136 valence electrons. The van der Waals surface area contributed by atoms with E-state index in [0.29, 0.717) is 11.0 Å². The lowest BCUT2D eigenvalue weighted by molar-refractivity contribution is 0.281. The lowest BCUT2D eigenvalue weighted by Crippen LogP contribution is -2.21. The third-order valence-electron chi connectivity index (χ3n) is 3.21. The molecule has 2 aromatic rings. The maximum absolute atomic E-state index is 11.5. The summed E-state index contributed by atoms with van der Waals surface area (Å²) in [6, 6.07) is 11.2. The largest absolute Gasteiger partial charge is 0.394 e. The molecule has 0 radical (unpaired) electrons. The van der Waals surface area contributed by atoms with E-state index >= 15 is 0 Å². The first-order chi connectivity index (χ1) is 11.8. The van der Waals surface area contributed by atoms with Crippen molar-refractivity contribution in [3.8, 4) is 0 Å². The summed E-state index contributed by atoms with van der Waals surface area (Å²) >= 11 is 1.43. The van der Waals surface area contributed by atoms with Crippen LogP contribution in [0.3, 0.4) is 0 Å². The van der Waals surface area contributed by atoms with Crippen LogP contribution in [0.5, 0.6) is 0 Å². The fourth-order valence-electron chi connectivity index (χ4n) is 2.04. The van der Waals surface area contributed by atoms with Gasteiger partial charge in [0.2, 0.25) is 10.0 Å². The molecule has 2 atom stereocenters. The smallest absolute Gasteiger partial charge is 0.230 e. The molecule has 0 aliphatic carbocycles. The fourth-order valence-corrected chi connectivity index (χ4v) is 3.44. The van der Waals surface area contributed by atoms with Gasteiger partial charge < -0.3 is 10.4 Å². The number of nitrogens with zero attached hydrogens (tertiary/aromatic N) is 2. The van der Waals surface area contributed by atoms with Gasteiger partial charge in [-0.3, -0.25) is 4.72 Å². The van der Waals surface area contributed by atoms with E-state index in [1.165, 1.54) is 17.8 Å². The van der Waals surface area contributed by atoms with E-state index in [-0.39, 0.29) is 23.7 Å². The van der Waals surface area contributed by atoms with Gasteiger partial charge in [0.15, 0.2) is 5.16 Å². The van der Waals surface area contributed by atoms with Crippen molar-refractivity contribution in [1.82, 2.24) is 9.97 Å². The van der Waals surface area contributed by atoms with Crippen LogP contribution in [0, 0.1) is 0 Å². The first-order valence-electron chi connectivity index (χ1n) is 7.72. The Bertz CT molecular complexity index is 800. The first-order valence-corrected chi connectivity index (χ1v) is 10.5. The number of aliphatic hydroxyl groups is 1. The third-order valence-corrected chi connectivity index (χ3v) is 4.81. The summed E-state index contributed by atoms with van der Waals surface area (Å²) in [4.78, 5) is 8.69. The van der Waals surface area contributed by atoms with E-state index in [0.717, 1.165) is 11.8 Å². The molecule has 3 N–H and O–H groups in total. The van der Waals surface area contributed by atoms with Crippen LogP contribution in [0.4, 0.5) is 11.6 Å². The molecule has 1 aromatic heterocycles. The minimum absolute atomic E-state index is 0.0677. The zero-order chi connectivity index (χ0) is 18.4. The van der Waals surface area contributed by atoms with Crippen LogP contribution in [0.2, 0.25) is 0 Å². The monoisotopic (exact) mass is 382 g/mol. The Balaban J connectivity index is 2.28. The third kappa shape index (κ3) is 6.52. The highest BCUT2D eigenvalue weighted by molar-refractivity contribution is 7.99. The summed E-state index contributed by atoms with van der Waals surface area (Å²) in [5.74, 6) is 0.637. The van der Waals surface area contributed by atoms with Crippen LogP contribution in [0.15, 0.2) is 41.6 Å². The number of aliphatic hydroxyl groups excluding tert-OH is 1. The maximum atomic E-state index is 11.5. The molecule has 0 aliphatic rings. The van der Waals surface area contributed by atoms with Crippen molar-refractivity contribution in [3.05, 3.63) is 42.0 Å². The van der Waals surface area contributed by atoms with Gasteiger partial charge in [-0.2, -0.15) is 0 Å². The molecule has 9 heteroatoms. The zero-order valence-corrected chi connectivity index (χ0v) is 15.9. The van der Waals surface area contributed by atoms with Crippen LogP contribution >= 0.6 is 11.8 Å². The van der Waals surface area contributed by atoms with E-state index in [1.807, 2.05) is 37.3 Å². The molecule has 0 unspecified atom stereocenters. The highest BCUT2D eigenvalue weighted by Crippen LogP contribution is 2.33. The van der Waals surface area contributed by atoms with Crippen molar-refractivity contribution in [2.24, 2.45) is 0 Å². The van der Waals surface area contributed by atoms with Crippen molar-refractivity contribution >= 4 is 33.4 Å². The average Bonchev–Trinajstić information content (AvgIpc) is 2.53. The zero-order valence-electron chi connectivity index (χ0n) is 14.3. The second-order valence-electron chi connectivity index (χ2n) is 5.69. The number of sulfonamides is 1. The Morgan fingerprint density at radius 3 is 2.40 bits per heavy atom. The number of thioether (sulfide) groups is 1. The van der Waals surface area contributed by atoms with E-state index in [4.69, 9.17) is 0 Å². The molecule has 0 spiro atoms. The normalized spacial score (nSPS) is 13.9. The van der Waals surface area contributed by atoms with Crippen molar-refractivity contribution in [2.45, 2.75) is 30.3 Å². The molecular formula is C16H22N4O3S2. The van der Waals surface area contributed by atoms with Gasteiger partial charge in [-0.25, -0.2) is 18.4 Å². The number of rotatable bonds is 8. The second-order valence-corrected chi connectivity index (χ2v) is 8.75. The minimum Gasteiger partial charge on any atom is -0.394 e. The van der Waals surface area contributed by atoms with Crippen LogP contribution in [0.1, 0.15) is 24.7 Å².